The summed E-state index contributed by atoms with van der Waals surface area (Å²) in [6.45, 7) is 0.500. The molecule has 0 unspecified atom stereocenters. The number of rotatable bonds is 6. The topological polar surface area (TPSA) is 92.7 Å². The molecule has 0 saturated carbocycles. The number of benzene rings is 2. The highest BCUT2D eigenvalue weighted by molar-refractivity contribution is 5.80. The summed E-state index contributed by atoms with van der Waals surface area (Å²) in [6.07, 6.45) is 2.75. The Balaban J connectivity index is 1.34. The fourth-order valence-corrected chi connectivity index (χ4v) is 3.09. The van der Waals surface area contributed by atoms with Gasteiger partial charge in [-0.1, -0.05) is 24.3 Å². The summed E-state index contributed by atoms with van der Waals surface area (Å²) in [5.74, 6) is 0.708. The number of imidazole rings is 1. The van der Waals surface area contributed by atoms with E-state index in [0.29, 0.717) is 17.6 Å². The van der Waals surface area contributed by atoms with Crippen LogP contribution in [0.2, 0.25) is 0 Å². The van der Waals surface area contributed by atoms with Crippen molar-refractivity contribution in [1.82, 2.24) is 24.8 Å². The van der Waals surface area contributed by atoms with Gasteiger partial charge in [-0.15, -0.1) is 0 Å². The number of fused-ring (bicyclic) bond motifs is 2. The molecule has 2 N–H and O–H groups in total. The van der Waals surface area contributed by atoms with E-state index in [1.165, 1.54) is 10.8 Å². The van der Waals surface area contributed by atoms with Crippen molar-refractivity contribution in [3.05, 3.63) is 70.9 Å². The quantitative estimate of drug-likeness (QED) is 0.514. The number of aromatic amines is 1. The third-order valence-electron chi connectivity index (χ3n) is 4.41. The van der Waals surface area contributed by atoms with Gasteiger partial charge in [0, 0.05) is 13.0 Å². The lowest BCUT2D eigenvalue weighted by Gasteiger charge is -2.09. The summed E-state index contributed by atoms with van der Waals surface area (Å²) in [5.41, 5.74) is 3.02. The van der Waals surface area contributed by atoms with E-state index < -0.39 is 0 Å². The largest absolute Gasteiger partial charge is 0.355 e. The molecular weight excluding hydrogens is 342 g/mol. The fourth-order valence-electron chi connectivity index (χ4n) is 3.09. The number of aromatic nitrogens is 4. The first-order valence-corrected chi connectivity index (χ1v) is 8.85. The van der Waals surface area contributed by atoms with Gasteiger partial charge in [-0.25, -0.2) is 9.97 Å². The smallest absolute Gasteiger partial charge is 0.269 e. The van der Waals surface area contributed by atoms with Gasteiger partial charge in [0.05, 0.1) is 28.3 Å². The van der Waals surface area contributed by atoms with E-state index in [9.17, 15) is 9.59 Å². The second-order valence-corrected chi connectivity index (χ2v) is 6.33. The zero-order valence-electron chi connectivity index (χ0n) is 14.7. The Labute approximate surface area is 155 Å². The predicted molar refractivity (Wildman–Crippen MR) is 103 cm³/mol. The molecule has 0 aliphatic carbocycles. The average molecular weight is 361 g/mol. The molecular formula is C20H19N5O2. The van der Waals surface area contributed by atoms with Gasteiger partial charge in [-0.05, 0) is 30.7 Å². The fraction of sp³-hybridized carbons (Fsp3) is 0.200. The number of carbonyl (C=O) groups is 1. The van der Waals surface area contributed by atoms with Crippen LogP contribution in [0, 0.1) is 0 Å². The number of nitrogens with one attached hydrogen (secondary N) is 2. The first-order chi connectivity index (χ1) is 13.2. The summed E-state index contributed by atoms with van der Waals surface area (Å²) in [5, 5.41) is 2.87. The second-order valence-electron chi connectivity index (χ2n) is 6.33. The maximum atomic E-state index is 12.2. The highest BCUT2D eigenvalue weighted by atomic mass is 16.2. The Morgan fingerprint density at radius 1 is 1.07 bits per heavy atom. The molecule has 7 heteroatoms. The van der Waals surface area contributed by atoms with Crippen molar-refractivity contribution in [2.75, 3.05) is 6.54 Å². The van der Waals surface area contributed by atoms with E-state index in [-0.39, 0.29) is 18.0 Å². The third-order valence-corrected chi connectivity index (χ3v) is 4.41. The Kier molecular flexibility index (Phi) is 4.65. The molecule has 4 aromatic rings. The highest BCUT2D eigenvalue weighted by Crippen LogP contribution is 2.11. The number of carbonyl (C=O) groups excluding carboxylic acids is 1. The van der Waals surface area contributed by atoms with Gasteiger partial charge in [0.2, 0.25) is 5.91 Å². The van der Waals surface area contributed by atoms with Gasteiger partial charge in [0.25, 0.3) is 5.56 Å². The molecule has 2 aromatic carbocycles. The van der Waals surface area contributed by atoms with Gasteiger partial charge < -0.3 is 10.3 Å². The number of para-hydroxylation sites is 4. The van der Waals surface area contributed by atoms with E-state index in [2.05, 4.69) is 20.3 Å². The molecule has 136 valence electrons. The minimum atomic E-state index is -0.286. The van der Waals surface area contributed by atoms with Crippen molar-refractivity contribution in [3.8, 4) is 0 Å². The maximum Gasteiger partial charge on any atom is 0.269 e. The van der Waals surface area contributed by atoms with Crippen LogP contribution in [-0.2, 0) is 17.8 Å². The van der Waals surface area contributed by atoms with Crippen LogP contribution >= 0.6 is 0 Å². The van der Waals surface area contributed by atoms with Gasteiger partial charge in [-0.2, -0.15) is 0 Å². The van der Waals surface area contributed by atoms with Crippen LogP contribution in [0.5, 0.6) is 0 Å². The zero-order chi connectivity index (χ0) is 18.6. The molecule has 4 rings (SSSR count). The van der Waals surface area contributed by atoms with Crippen molar-refractivity contribution in [2.45, 2.75) is 19.4 Å². The normalized spacial score (nSPS) is 11.1. The standard InChI is InChI=1S/C20H19N5O2/c26-19(13-25-17-9-4-3-8-16(17)22-12-20(25)27)21-11-5-10-18-23-14-6-1-2-7-15(14)24-18/h1-4,6-9,12H,5,10-11,13H2,(H,21,26)(H,23,24). The molecule has 0 aliphatic rings. The molecule has 0 bridgehead atoms. The second kappa shape index (κ2) is 7.41. The van der Waals surface area contributed by atoms with E-state index in [1.807, 2.05) is 42.5 Å². The third kappa shape index (κ3) is 3.72. The molecule has 27 heavy (non-hydrogen) atoms. The molecule has 0 spiro atoms. The minimum Gasteiger partial charge on any atom is -0.355 e. The molecule has 7 nitrogen and oxygen atoms in total. The van der Waals surface area contributed by atoms with Crippen LogP contribution < -0.4 is 10.9 Å². The van der Waals surface area contributed by atoms with E-state index in [4.69, 9.17) is 0 Å². The molecule has 1 amide bonds. The first kappa shape index (κ1) is 17.0. The Hall–Kier alpha value is -3.48. The van der Waals surface area contributed by atoms with Gasteiger partial charge in [0.15, 0.2) is 0 Å². The first-order valence-electron chi connectivity index (χ1n) is 8.85. The van der Waals surface area contributed by atoms with Crippen molar-refractivity contribution in [3.63, 3.8) is 0 Å². The van der Waals surface area contributed by atoms with E-state index >= 15 is 0 Å². The van der Waals surface area contributed by atoms with Crippen molar-refractivity contribution >= 4 is 28.0 Å². The van der Waals surface area contributed by atoms with Crippen LogP contribution in [0.1, 0.15) is 12.2 Å². The molecule has 0 atom stereocenters. The summed E-state index contributed by atoms with van der Waals surface area (Å²) >= 11 is 0. The zero-order valence-corrected chi connectivity index (χ0v) is 14.7. The Morgan fingerprint density at radius 2 is 1.85 bits per heavy atom. The van der Waals surface area contributed by atoms with Crippen molar-refractivity contribution in [2.24, 2.45) is 0 Å². The van der Waals surface area contributed by atoms with Crippen LogP contribution in [0.15, 0.2) is 59.5 Å². The summed E-state index contributed by atoms with van der Waals surface area (Å²) in [6, 6.07) is 15.2. The number of aryl methyl sites for hydroxylation is 1. The highest BCUT2D eigenvalue weighted by Gasteiger charge is 2.09. The predicted octanol–water partition coefficient (Wildman–Crippen LogP) is 2.02. The molecule has 2 aromatic heterocycles. The molecule has 0 radical (unpaired) electrons. The Morgan fingerprint density at radius 3 is 2.70 bits per heavy atom. The van der Waals surface area contributed by atoms with Gasteiger partial charge in [-0.3, -0.25) is 14.2 Å². The van der Waals surface area contributed by atoms with Gasteiger partial charge in [0.1, 0.15) is 12.4 Å². The molecule has 2 heterocycles. The summed E-state index contributed by atoms with van der Waals surface area (Å²) < 4.78 is 1.44. The van der Waals surface area contributed by atoms with Crippen molar-refractivity contribution < 1.29 is 4.79 Å². The SMILES string of the molecule is O=C(Cn1c(=O)cnc2ccccc21)NCCCc1nc2ccccc2[nH]1. The average Bonchev–Trinajstić information content (AvgIpc) is 3.10. The number of hydrogen-bond donors (Lipinski definition) is 2. The number of hydrogen-bond acceptors (Lipinski definition) is 4. The van der Waals surface area contributed by atoms with E-state index in [0.717, 1.165) is 29.7 Å². The van der Waals surface area contributed by atoms with E-state index in [1.54, 1.807) is 6.07 Å². The van der Waals surface area contributed by atoms with Crippen molar-refractivity contribution in [1.29, 1.82) is 0 Å². The summed E-state index contributed by atoms with van der Waals surface area (Å²) in [4.78, 5) is 36.2. The number of nitrogens with zero attached hydrogens (tertiary/aromatic N) is 3. The maximum absolute atomic E-state index is 12.2. The number of H-pyrrole nitrogens is 1. The number of amides is 1. The monoisotopic (exact) mass is 361 g/mol. The lowest BCUT2D eigenvalue weighted by Crippen LogP contribution is -2.33. The Bertz CT molecular complexity index is 1130. The molecule has 0 fully saturated rings. The molecule has 0 aliphatic heterocycles. The molecule has 0 saturated heterocycles. The lowest BCUT2D eigenvalue weighted by molar-refractivity contribution is -0.121. The van der Waals surface area contributed by atoms with Gasteiger partial charge >= 0.3 is 0 Å². The van der Waals surface area contributed by atoms with Crippen LogP contribution in [0.4, 0.5) is 0 Å². The lowest BCUT2D eigenvalue weighted by atomic mass is 10.3. The van der Waals surface area contributed by atoms with Crippen LogP contribution in [0.3, 0.4) is 0 Å². The minimum absolute atomic E-state index is 0.0213. The summed E-state index contributed by atoms with van der Waals surface area (Å²) in [7, 11) is 0. The van der Waals surface area contributed by atoms with Crippen LogP contribution in [0.25, 0.3) is 22.1 Å². The van der Waals surface area contributed by atoms with Crippen LogP contribution in [-0.4, -0.2) is 32.0 Å².